The van der Waals surface area contributed by atoms with Crippen molar-refractivity contribution in [1.82, 2.24) is 47.4 Å². The summed E-state index contributed by atoms with van der Waals surface area (Å²) in [6.45, 7) is 20.8. The number of Topliss-reactive ketones (excluding diaryl/α,β-unsaturated/α-hetero) is 1. The maximum atomic E-state index is 14.3. The second-order valence-corrected chi connectivity index (χ2v) is 22.4. The first-order valence-corrected chi connectivity index (χ1v) is 28.1. The average Bonchev–Trinajstić information content (AvgIpc) is 3.83. The van der Waals surface area contributed by atoms with E-state index in [1.165, 1.54) is 39.5 Å². The van der Waals surface area contributed by atoms with Gasteiger partial charge in [-0.3, -0.25) is 52.7 Å². The molecule has 1 aliphatic heterocycles. The van der Waals surface area contributed by atoms with Crippen LogP contribution < -0.4 is 42.5 Å². The van der Waals surface area contributed by atoms with Crippen LogP contribution in [0, 0.1) is 11.8 Å². The zero-order valence-corrected chi connectivity index (χ0v) is 48.1. The minimum Gasteiger partial charge on any atom is -0.481 e. The molecule has 0 spiro atoms. The van der Waals surface area contributed by atoms with Gasteiger partial charge in [-0.25, -0.2) is 0 Å². The summed E-state index contributed by atoms with van der Waals surface area (Å²) < 4.78 is 0. The van der Waals surface area contributed by atoms with Crippen LogP contribution >= 0.6 is 0 Å². The number of hydrogen-bond acceptors (Lipinski definition) is 11. The monoisotopic (exact) mass is 1080 g/mol. The van der Waals surface area contributed by atoms with Gasteiger partial charge < -0.3 is 52.5 Å². The Morgan fingerprint density at radius 3 is 1.59 bits per heavy atom. The van der Waals surface area contributed by atoms with Crippen molar-refractivity contribution in [2.45, 2.75) is 259 Å². The van der Waals surface area contributed by atoms with Gasteiger partial charge in [0.1, 0.15) is 53.1 Å². The van der Waals surface area contributed by atoms with E-state index in [0.717, 1.165) is 44.9 Å². The van der Waals surface area contributed by atoms with Crippen LogP contribution in [0.4, 0.5) is 0 Å². The van der Waals surface area contributed by atoms with Crippen molar-refractivity contribution in [3.63, 3.8) is 0 Å². The maximum absolute atomic E-state index is 14.3. The lowest BCUT2D eigenvalue weighted by Gasteiger charge is -2.32. The van der Waals surface area contributed by atoms with Crippen LogP contribution in [0.1, 0.15) is 212 Å². The molecule has 6 atom stereocenters. The molecule has 0 aromatic carbocycles. The normalized spacial score (nSPS) is 15.6. The number of amides is 9. The summed E-state index contributed by atoms with van der Waals surface area (Å²) in [5, 5.41) is 30.6. The van der Waals surface area contributed by atoms with E-state index in [4.69, 9.17) is 5.11 Å². The summed E-state index contributed by atoms with van der Waals surface area (Å²) in [7, 11) is 0. The van der Waals surface area contributed by atoms with Crippen LogP contribution in [0.15, 0.2) is 0 Å². The minimum atomic E-state index is -1.65. The number of carboxylic acid groups (broad SMARTS) is 1. The molecule has 1 fully saturated rings. The van der Waals surface area contributed by atoms with Gasteiger partial charge in [-0.15, -0.1) is 0 Å². The third kappa shape index (κ3) is 25.9. The van der Waals surface area contributed by atoms with E-state index in [1.807, 2.05) is 41.5 Å². The summed E-state index contributed by atoms with van der Waals surface area (Å²) in [5.41, 5.74) is -3.24. The molecule has 1 heterocycles. The van der Waals surface area contributed by atoms with Crippen molar-refractivity contribution in [1.29, 1.82) is 0 Å². The molecule has 1 saturated heterocycles. The van der Waals surface area contributed by atoms with Crippen LogP contribution in [0.25, 0.3) is 0 Å². The summed E-state index contributed by atoms with van der Waals surface area (Å²) >= 11 is 0. The third-order valence-corrected chi connectivity index (χ3v) is 13.3. The number of rotatable bonds is 38. The third-order valence-electron chi connectivity index (χ3n) is 13.3. The van der Waals surface area contributed by atoms with Crippen molar-refractivity contribution in [3.05, 3.63) is 0 Å². The molecule has 1 aliphatic rings. The molecule has 0 saturated carbocycles. The molecule has 21 nitrogen and oxygen atoms in total. The summed E-state index contributed by atoms with van der Waals surface area (Å²) in [4.78, 5) is 148. The van der Waals surface area contributed by atoms with Crippen molar-refractivity contribution < 1.29 is 57.8 Å². The quantitative estimate of drug-likeness (QED) is 0.0390. The minimum absolute atomic E-state index is 0.0315. The van der Waals surface area contributed by atoms with Gasteiger partial charge in [-0.2, -0.15) is 0 Å². The van der Waals surface area contributed by atoms with Crippen LogP contribution in [-0.2, 0) is 52.7 Å². The molecule has 76 heavy (non-hydrogen) atoms. The zero-order valence-electron chi connectivity index (χ0n) is 48.1. The Bertz CT molecular complexity index is 1940. The molecule has 9 amide bonds. The highest BCUT2D eigenvalue weighted by molar-refractivity contribution is 5.99. The predicted molar refractivity (Wildman–Crippen MR) is 290 cm³/mol. The molecule has 1 rings (SSSR count). The fourth-order valence-electron chi connectivity index (χ4n) is 8.71. The summed E-state index contributed by atoms with van der Waals surface area (Å²) in [6.07, 6.45) is 10.1. The van der Waals surface area contributed by atoms with Crippen molar-refractivity contribution in [2.75, 3.05) is 13.1 Å². The first kappa shape index (κ1) is 68.4. The molecular weight excluding hydrogens is 979 g/mol. The number of likely N-dealkylation sites (tertiary alicyclic amines) is 1. The molecule has 0 unspecified atom stereocenters. The lowest BCUT2D eigenvalue weighted by molar-refractivity contribution is -0.140. The Morgan fingerprint density at radius 2 is 1.03 bits per heavy atom. The first-order chi connectivity index (χ1) is 35.6. The van der Waals surface area contributed by atoms with Crippen molar-refractivity contribution in [2.24, 2.45) is 11.8 Å². The number of aliphatic carboxylic acids is 1. The van der Waals surface area contributed by atoms with Crippen LogP contribution in [0.5, 0.6) is 0 Å². The van der Waals surface area contributed by atoms with E-state index in [-0.39, 0.29) is 75.0 Å². The lowest BCUT2D eigenvalue weighted by Crippen LogP contribution is -2.64. The molecule has 0 radical (unpaired) electrons. The fraction of sp³-hybridized carbons (Fsp3) is 0.800. The van der Waals surface area contributed by atoms with E-state index < -0.39 is 101 Å². The number of ketones is 1. The van der Waals surface area contributed by atoms with Crippen molar-refractivity contribution in [3.8, 4) is 0 Å². The Hall–Kier alpha value is -5.63. The van der Waals surface area contributed by atoms with Crippen LogP contribution in [0.3, 0.4) is 0 Å². The van der Waals surface area contributed by atoms with E-state index in [1.54, 1.807) is 0 Å². The Balaban J connectivity index is 3.30. The summed E-state index contributed by atoms with van der Waals surface area (Å²) in [5.74, 6) is -6.63. The number of carboxylic acids is 1. The molecule has 0 aromatic rings. The second kappa shape index (κ2) is 34.9. The second-order valence-electron chi connectivity index (χ2n) is 22.4. The highest BCUT2D eigenvalue weighted by atomic mass is 16.4. The average molecular weight is 1080 g/mol. The number of hydrogen-bond donors (Lipinski definition) is 9. The van der Waals surface area contributed by atoms with Gasteiger partial charge in [0.25, 0.3) is 0 Å². The van der Waals surface area contributed by atoms with E-state index in [2.05, 4.69) is 49.5 Å². The number of unbranched alkanes of at least 4 members (excludes halogenated alkanes) is 6. The Morgan fingerprint density at radius 1 is 0.526 bits per heavy atom. The standard InChI is InChI=1S/C55H97N9O12/c1-13-16-18-19-20-21-27-40(49(72)59-42(34-36(6)7)50(73)63-55(11,12)53(76)61-41(33-35(4)5)47(70)56-31-30-45(67)68)60-52(75)54(9,10)62-46(69)37(8)57-48(71)39(28-22-26-38(65)25-17-14-2)58-51(74)43-29-23-32-64(43)44(66)24-15-3/h35-37,39-43H,13-34H2,1-12H3,(H,56,70)(H,57,71)(H,58,74)(H,59,72)(H,60,75)(H,61,76)(H,62,69)(H,63,73)(H,67,68)/t37-,39-,40-,41-,42-,43-/m0/s1. The largest absolute Gasteiger partial charge is 0.481 e. The molecule has 434 valence electrons. The van der Waals surface area contributed by atoms with Gasteiger partial charge in [0.2, 0.25) is 53.2 Å². The van der Waals surface area contributed by atoms with Crippen LogP contribution in [0.2, 0.25) is 0 Å². The Kier molecular flexibility index (Phi) is 31.4. The molecule has 9 N–H and O–H groups in total. The number of carbonyl (C=O) groups is 11. The SMILES string of the molecule is CCCCCCCC[C@H](NC(=O)C(C)(C)NC(=O)[C@H](C)NC(=O)[C@H](CCCC(=O)CCCC)NC(=O)[C@@H]1CCCN1C(=O)CCC)C(=O)N[C@@H](CC(C)C)C(=O)NC(C)(C)C(=O)N[C@@H](CC(C)C)C(=O)NCCC(=O)O. The zero-order chi connectivity index (χ0) is 57.8. The molecule has 0 aliphatic carbocycles. The van der Waals surface area contributed by atoms with Crippen LogP contribution in [-0.4, -0.2) is 135 Å². The number of carbonyl (C=O) groups excluding carboxylic acids is 10. The topological polar surface area (TPSA) is 307 Å². The van der Waals surface area contributed by atoms with E-state index in [0.29, 0.717) is 45.1 Å². The first-order valence-electron chi connectivity index (χ1n) is 28.1. The van der Waals surface area contributed by atoms with Gasteiger partial charge in [-0.05, 0) is 104 Å². The van der Waals surface area contributed by atoms with Gasteiger partial charge in [0.15, 0.2) is 0 Å². The number of nitrogens with one attached hydrogen (secondary N) is 8. The Labute approximate surface area is 452 Å². The van der Waals surface area contributed by atoms with Gasteiger partial charge in [0, 0.05) is 32.4 Å². The maximum Gasteiger partial charge on any atom is 0.305 e. The van der Waals surface area contributed by atoms with Crippen molar-refractivity contribution >= 4 is 64.9 Å². The van der Waals surface area contributed by atoms with Gasteiger partial charge >= 0.3 is 5.97 Å². The van der Waals surface area contributed by atoms with E-state index in [9.17, 15) is 52.7 Å². The molecule has 21 heteroatoms. The summed E-state index contributed by atoms with van der Waals surface area (Å²) in [6, 6.07) is -6.46. The molecule has 0 bridgehead atoms. The molecular formula is C55H97N9O12. The van der Waals surface area contributed by atoms with Gasteiger partial charge in [0.05, 0.1) is 6.42 Å². The fourth-order valence-corrected chi connectivity index (χ4v) is 8.71. The van der Waals surface area contributed by atoms with Gasteiger partial charge in [-0.1, -0.05) is 93.4 Å². The van der Waals surface area contributed by atoms with E-state index >= 15 is 0 Å². The predicted octanol–water partition coefficient (Wildman–Crippen LogP) is 4.37. The number of nitrogens with zero attached hydrogens (tertiary/aromatic N) is 1. The molecule has 0 aromatic heterocycles. The highest BCUT2D eigenvalue weighted by Crippen LogP contribution is 2.20. The highest BCUT2D eigenvalue weighted by Gasteiger charge is 2.39. The smallest absolute Gasteiger partial charge is 0.305 e. The lowest BCUT2D eigenvalue weighted by atomic mass is 9.97.